The van der Waals surface area contributed by atoms with Gasteiger partial charge in [-0.05, 0) is 44.0 Å². The van der Waals surface area contributed by atoms with Crippen molar-refractivity contribution < 1.29 is 4.74 Å². The zero-order valence-corrected chi connectivity index (χ0v) is 13.2. The van der Waals surface area contributed by atoms with Gasteiger partial charge in [0.25, 0.3) is 0 Å². The van der Waals surface area contributed by atoms with Crippen LogP contribution < -0.4 is 10.1 Å². The smallest absolute Gasteiger partial charge is 0.118 e. The monoisotopic (exact) mass is 290 g/mol. The Morgan fingerprint density at radius 3 is 2.60 bits per heavy atom. The highest BCUT2D eigenvalue weighted by Gasteiger charge is 2.14. The minimum atomic E-state index is 0.285. The van der Waals surface area contributed by atoms with E-state index in [0.717, 1.165) is 35.8 Å². The van der Waals surface area contributed by atoms with Crippen LogP contribution in [0.15, 0.2) is 29.6 Å². The van der Waals surface area contributed by atoms with Gasteiger partial charge in [-0.25, -0.2) is 4.98 Å². The molecule has 108 valence electrons. The first-order chi connectivity index (χ1) is 9.72. The molecule has 0 aliphatic carbocycles. The fraction of sp³-hybridized carbons (Fsp3) is 0.438. The van der Waals surface area contributed by atoms with Gasteiger partial charge < -0.3 is 10.1 Å². The van der Waals surface area contributed by atoms with E-state index in [0.29, 0.717) is 0 Å². The second-order valence-electron chi connectivity index (χ2n) is 4.85. The number of hydrogen-bond donors (Lipinski definition) is 1. The Morgan fingerprint density at radius 1 is 1.30 bits per heavy atom. The maximum Gasteiger partial charge on any atom is 0.118 e. The molecule has 0 spiro atoms. The van der Waals surface area contributed by atoms with Crippen molar-refractivity contribution in [3.63, 3.8) is 0 Å². The van der Waals surface area contributed by atoms with Crippen LogP contribution in [0.4, 0.5) is 0 Å². The summed E-state index contributed by atoms with van der Waals surface area (Å²) in [4.78, 5) is 4.63. The molecule has 4 heteroatoms. The highest BCUT2D eigenvalue weighted by molar-refractivity contribution is 7.09. The van der Waals surface area contributed by atoms with Gasteiger partial charge >= 0.3 is 0 Å². The summed E-state index contributed by atoms with van der Waals surface area (Å²) < 4.78 is 5.20. The Hall–Kier alpha value is -1.39. The molecule has 1 atom stereocenters. The number of ether oxygens (including phenoxy) is 1. The molecule has 0 radical (unpaired) electrons. The van der Waals surface area contributed by atoms with Crippen LogP contribution in [0.25, 0.3) is 0 Å². The number of nitrogens with one attached hydrogen (secondary N) is 1. The molecular formula is C16H22N2OS. The Labute approximate surface area is 125 Å². The van der Waals surface area contributed by atoms with Gasteiger partial charge in [-0.2, -0.15) is 0 Å². The molecule has 1 aromatic heterocycles. The molecule has 0 aliphatic heterocycles. The van der Waals surface area contributed by atoms with Gasteiger partial charge in [0.2, 0.25) is 0 Å². The van der Waals surface area contributed by atoms with Crippen LogP contribution in [0.5, 0.6) is 5.75 Å². The molecular weight excluding hydrogens is 268 g/mol. The van der Waals surface area contributed by atoms with E-state index >= 15 is 0 Å². The van der Waals surface area contributed by atoms with Gasteiger partial charge in [0, 0.05) is 5.38 Å². The first-order valence-electron chi connectivity index (χ1n) is 7.01. The Kier molecular flexibility index (Phi) is 5.56. The van der Waals surface area contributed by atoms with Crippen molar-refractivity contribution in [1.82, 2.24) is 10.3 Å². The van der Waals surface area contributed by atoms with Crippen LogP contribution in [0.2, 0.25) is 0 Å². The number of methoxy groups -OCH3 is 1. The van der Waals surface area contributed by atoms with Crippen LogP contribution in [-0.4, -0.2) is 18.6 Å². The van der Waals surface area contributed by atoms with Crippen molar-refractivity contribution in [1.29, 1.82) is 0 Å². The molecule has 0 amide bonds. The Balaban J connectivity index is 2.10. The Bertz CT molecular complexity index is 522. The van der Waals surface area contributed by atoms with Crippen LogP contribution >= 0.6 is 11.3 Å². The highest BCUT2D eigenvalue weighted by Crippen LogP contribution is 2.22. The van der Waals surface area contributed by atoms with E-state index in [-0.39, 0.29) is 6.04 Å². The summed E-state index contributed by atoms with van der Waals surface area (Å²) in [6.07, 6.45) is 2.08. The van der Waals surface area contributed by atoms with Crippen molar-refractivity contribution in [2.24, 2.45) is 0 Å². The van der Waals surface area contributed by atoms with Crippen LogP contribution in [0.1, 0.15) is 35.7 Å². The molecule has 2 aromatic rings. The zero-order chi connectivity index (χ0) is 14.4. The van der Waals surface area contributed by atoms with Gasteiger partial charge in [-0.1, -0.05) is 19.1 Å². The quantitative estimate of drug-likeness (QED) is 0.843. The van der Waals surface area contributed by atoms with E-state index in [9.17, 15) is 0 Å². The SMILES string of the molecule is CCCNC(Cc1ccc(OC)cc1)c1csc(C)n1. The van der Waals surface area contributed by atoms with E-state index < -0.39 is 0 Å². The predicted molar refractivity (Wildman–Crippen MR) is 84.6 cm³/mol. The van der Waals surface area contributed by atoms with Crippen molar-refractivity contribution in [3.05, 3.63) is 45.9 Å². The second kappa shape index (κ2) is 7.41. The maximum absolute atomic E-state index is 5.20. The van der Waals surface area contributed by atoms with Crippen LogP contribution in [-0.2, 0) is 6.42 Å². The molecule has 0 fully saturated rings. The van der Waals surface area contributed by atoms with E-state index in [1.54, 1.807) is 18.4 Å². The predicted octanol–water partition coefficient (Wildman–Crippen LogP) is 3.74. The molecule has 0 aliphatic rings. The molecule has 3 nitrogen and oxygen atoms in total. The minimum Gasteiger partial charge on any atom is -0.497 e. The van der Waals surface area contributed by atoms with E-state index in [1.807, 2.05) is 12.1 Å². The summed E-state index contributed by atoms with van der Waals surface area (Å²) in [6.45, 7) is 5.25. The topological polar surface area (TPSA) is 34.1 Å². The van der Waals surface area contributed by atoms with Crippen molar-refractivity contribution in [3.8, 4) is 5.75 Å². The van der Waals surface area contributed by atoms with Crippen molar-refractivity contribution in [2.75, 3.05) is 13.7 Å². The molecule has 1 heterocycles. The summed E-state index contributed by atoms with van der Waals surface area (Å²) >= 11 is 1.71. The number of thiazole rings is 1. The fourth-order valence-corrected chi connectivity index (χ4v) is 2.80. The molecule has 0 bridgehead atoms. The van der Waals surface area contributed by atoms with Crippen LogP contribution in [0, 0.1) is 6.92 Å². The van der Waals surface area contributed by atoms with Gasteiger partial charge in [-0.3, -0.25) is 0 Å². The van der Waals surface area contributed by atoms with Gasteiger partial charge in [0.1, 0.15) is 5.75 Å². The number of nitrogens with zero attached hydrogens (tertiary/aromatic N) is 1. The number of hydrogen-bond acceptors (Lipinski definition) is 4. The van der Waals surface area contributed by atoms with Crippen molar-refractivity contribution in [2.45, 2.75) is 32.7 Å². The lowest BCUT2D eigenvalue weighted by Crippen LogP contribution is -2.24. The highest BCUT2D eigenvalue weighted by atomic mass is 32.1. The number of benzene rings is 1. The lowest BCUT2D eigenvalue weighted by molar-refractivity contribution is 0.414. The lowest BCUT2D eigenvalue weighted by Gasteiger charge is -2.17. The molecule has 0 saturated carbocycles. The van der Waals surface area contributed by atoms with E-state index in [1.165, 1.54) is 5.56 Å². The third-order valence-electron chi connectivity index (χ3n) is 3.23. The summed E-state index contributed by atoms with van der Waals surface area (Å²) in [5.74, 6) is 0.899. The largest absolute Gasteiger partial charge is 0.497 e. The average molecular weight is 290 g/mol. The first-order valence-corrected chi connectivity index (χ1v) is 7.89. The van der Waals surface area contributed by atoms with Gasteiger partial charge in [0.05, 0.1) is 23.9 Å². The van der Waals surface area contributed by atoms with Crippen molar-refractivity contribution >= 4 is 11.3 Å². The molecule has 1 N–H and O–H groups in total. The third kappa shape index (κ3) is 4.05. The fourth-order valence-electron chi connectivity index (χ4n) is 2.14. The molecule has 1 aromatic carbocycles. The number of rotatable bonds is 7. The molecule has 0 saturated heterocycles. The Morgan fingerprint density at radius 2 is 2.05 bits per heavy atom. The first kappa shape index (κ1) is 15.0. The molecule has 1 unspecified atom stereocenters. The molecule has 2 rings (SSSR count). The summed E-state index contributed by atoms with van der Waals surface area (Å²) in [5.41, 5.74) is 2.45. The summed E-state index contributed by atoms with van der Waals surface area (Å²) in [6, 6.07) is 8.56. The second-order valence-corrected chi connectivity index (χ2v) is 5.91. The van der Waals surface area contributed by atoms with Crippen LogP contribution in [0.3, 0.4) is 0 Å². The lowest BCUT2D eigenvalue weighted by atomic mass is 10.0. The third-order valence-corrected chi connectivity index (χ3v) is 4.03. The number of aromatic nitrogens is 1. The number of aryl methyl sites for hydroxylation is 1. The summed E-state index contributed by atoms with van der Waals surface area (Å²) in [7, 11) is 1.69. The standard InChI is InChI=1S/C16H22N2OS/c1-4-9-17-15(16-11-20-12(2)18-16)10-13-5-7-14(19-3)8-6-13/h5-8,11,15,17H,4,9-10H2,1-3H3. The summed E-state index contributed by atoms with van der Waals surface area (Å²) in [5, 5.41) is 6.87. The molecule has 20 heavy (non-hydrogen) atoms. The van der Waals surface area contributed by atoms with Gasteiger partial charge in [0.15, 0.2) is 0 Å². The average Bonchev–Trinajstić information content (AvgIpc) is 2.90. The van der Waals surface area contributed by atoms with E-state index in [2.05, 4.69) is 41.7 Å². The van der Waals surface area contributed by atoms with Gasteiger partial charge in [-0.15, -0.1) is 11.3 Å². The van der Waals surface area contributed by atoms with E-state index in [4.69, 9.17) is 4.74 Å². The minimum absolute atomic E-state index is 0.285. The normalized spacial score (nSPS) is 12.3. The maximum atomic E-state index is 5.20. The zero-order valence-electron chi connectivity index (χ0n) is 12.3.